The Hall–Kier alpha value is -2.40. The number of hydrogen-bond donors (Lipinski definition) is 0. The molecule has 25 heavy (non-hydrogen) atoms. The molecule has 0 bridgehead atoms. The molecule has 1 aliphatic rings. The number of halogens is 1. The first-order valence-corrected chi connectivity index (χ1v) is 9.09. The van der Waals surface area contributed by atoms with Gasteiger partial charge in [0.05, 0.1) is 16.7 Å². The second-order valence-corrected chi connectivity index (χ2v) is 7.07. The fourth-order valence-corrected chi connectivity index (χ4v) is 4.01. The van der Waals surface area contributed by atoms with Crippen LogP contribution in [0, 0.1) is 0 Å². The van der Waals surface area contributed by atoms with Crippen LogP contribution < -0.4 is 4.90 Å². The van der Waals surface area contributed by atoms with Crippen molar-refractivity contribution in [2.45, 2.75) is 18.9 Å². The van der Waals surface area contributed by atoms with Crippen LogP contribution >= 0.6 is 15.9 Å². The van der Waals surface area contributed by atoms with E-state index < -0.39 is 0 Å². The maximum absolute atomic E-state index is 12.6. The number of carbonyl (C=O) groups is 1. The summed E-state index contributed by atoms with van der Waals surface area (Å²) >= 11 is 3.55. The van der Waals surface area contributed by atoms with Gasteiger partial charge in [-0.2, -0.15) is 0 Å². The molecule has 1 unspecified atom stereocenters. The van der Waals surface area contributed by atoms with Gasteiger partial charge in [-0.15, -0.1) is 6.58 Å². The summed E-state index contributed by atoms with van der Waals surface area (Å²) in [5, 5.41) is 0. The van der Waals surface area contributed by atoms with Crippen LogP contribution in [-0.2, 0) is 11.3 Å². The first kappa shape index (κ1) is 16.1. The molecule has 3 aromatic rings. The van der Waals surface area contributed by atoms with E-state index in [9.17, 15) is 4.79 Å². The van der Waals surface area contributed by atoms with Gasteiger partial charge in [0.25, 0.3) is 0 Å². The summed E-state index contributed by atoms with van der Waals surface area (Å²) in [7, 11) is 0. The van der Waals surface area contributed by atoms with Crippen LogP contribution in [0.1, 0.15) is 18.2 Å². The first-order chi connectivity index (χ1) is 12.2. The van der Waals surface area contributed by atoms with E-state index in [4.69, 9.17) is 4.98 Å². The lowest BCUT2D eigenvalue weighted by atomic mass is 10.1. The van der Waals surface area contributed by atoms with E-state index in [0.717, 1.165) is 27.0 Å². The number of allylic oxidation sites excluding steroid dienone is 1. The molecule has 4 rings (SSSR count). The molecule has 0 saturated carbocycles. The monoisotopic (exact) mass is 395 g/mol. The van der Waals surface area contributed by atoms with Gasteiger partial charge in [0.15, 0.2) is 0 Å². The third-order valence-corrected chi connectivity index (χ3v) is 5.30. The van der Waals surface area contributed by atoms with Crippen molar-refractivity contribution in [3.63, 3.8) is 0 Å². The van der Waals surface area contributed by atoms with Crippen molar-refractivity contribution >= 4 is 38.6 Å². The largest absolute Gasteiger partial charge is 0.324 e. The summed E-state index contributed by atoms with van der Waals surface area (Å²) in [6.07, 6.45) is 2.35. The molecule has 5 heteroatoms. The predicted octanol–water partition coefficient (Wildman–Crippen LogP) is 4.51. The molecule has 1 amide bonds. The van der Waals surface area contributed by atoms with E-state index in [1.807, 2.05) is 53.4 Å². The number of anilines is 1. The SMILES string of the molecule is C=CCn1c(C2CC(=O)N(c3ccccc3Br)C2)nc2ccccc21. The zero-order valence-electron chi connectivity index (χ0n) is 13.7. The third-order valence-electron chi connectivity index (χ3n) is 4.63. The van der Waals surface area contributed by atoms with Gasteiger partial charge in [0, 0.05) is 29.9 Å². The summed E-state index contributed by atoms with van der Waals surface area (Å²) in [6, 6.07) is 15.9. The second-order valence-electron chi connectivity index (χ2n) is 6.21. The Kier molecular flexibility index (Phi) is 4.17. The summed E-state index contributed by atoms with van der Waals surface area (Å²) in [5.74, 6) is 1.17. The minimum absolute atomic E-state index is 0.0759. The highest BCUT2D eigenvalue weighted by atomic mass is 79.9. The lowest BCUT2D eigenvalue weighted by Crippen LogP contribution is -2.24. The number of para-hydroxylation sites is 3. The number of rotatable bonds is 4. The molecular formula is C20H18BrN3O. The summed E-state index contributed by atoms with van der Waals surface area (Å²) < 4.78 is 3.10. The quantitative estimate of drug-likeness (QED) is 0.609. The van der Waals surface area contributed by atoms with Crippen molar-refractivity contribution < 1.29 is 4.79 Å². The molecule has 0 radical (unpaired) electrons. The minimum atomic E-state index is 0.0759. The van der Waals surface area contributed by atoms with Crippen molar-refractivity contribution in [2.75, 3.05) is 11.4 Å². The Morgan fingerprint density at radius 3 is 2.76 bits per heavy atom. The maximum Gasteiger partial charge on any atom is 0.227 e. The van der Waals surface area contributed by atoms with E-state index in [-0.39, 0.29) is 11.8 Å². The molecule has 0 N–H and O–H groups in total. The van der Waals surface area contributed by atoms with Gasteiger partial charge in [0.2, 0.25) is 5.91 Å². The van der Waals surface area contributed by atoms with Crippen molar-refractivity contribution in [3.05, 3.63) is 71.5 Å². The zero-order valence-corrected chi connectivity index (χ0v) is 15.3. The highest BCUT2D eigenvalue weighted by molar-refractivity contribution is 9.10. The van der Waals surface area contributed by atoms with Crippen LogP contribution in [0.3, 0.4) is 0 Å². The highest BCUT2D eigenvalue weighted by Crippen LogP contribution is 2.36. The van der Waals surface area contributed by atoms with Crippen molar-refractivity contribution in [1.29, 1.82) is 0 Å². The minimum Gasteiger partial charge on any atom is -0.324 e. The topological polar surface area (TPSA) is 38.1 Å². The van der Waals surface area contributed by atoms with Gasteiger partial charge in [-0.1, -0.05) is 30.3 Å². The third kappa shape index (κ3) is 2.78. The van der Waals surface area contributed by atoms with Crippen LogP contribution in [0.25, 0.3) is 11.0 Å². The number of fused-ring (bicyclic) bond motifs is 1. The summed E-state index contributed by atoms with van der Waals surface area (Å²) in [4.78, 5) is 19.3. The number of nitrogens with zero attached hydrogens (tertiary/aromatic N) is 3. The Morgan fingerprint density at radius 2 is 1.96 bits per heavy atom. The molecule has 1 aromatic heterocycles. The van der Waals surface area contributed by atoms with Crippen LogP contribution in [-0.4, -0.2) is 22.0 Å². The molecular weight excluding hydrogens is 378 g/mol. The van der Waals surface area contributed by atoms with E-state index in [1.165, 1.54) is 0 Å². The number of imidazole rings is 1. The van der Waals surface area contributed by atoms with Crippen molar-refractivity contribution in [3.8, 4) is 0 Å². The normalized spacial score (nSPS) is 17.4. The van der Waals surface area contributed by atoms with E-state index in [0.29, 0.717) is 19.5 Å². The van der Waals surface area contributed by atoms with Gasteiger partial charge >= 0.3 is 0 Å². The van der Waals surface area contributed by atoms with Gasteiger partial charge < -0.3 is 9.47 Å². The van der Waals surface area contributed by atoms with Gasteiger partial charge in [0.1, 0.15) is 5.82 Å². The van der Waals surface area contributed by atoms with Crippen LogP contribution in [0.15, 0.2) is 65.7 Å². The smallest absolute Gasteiger partial charge is 0.227 e. The standard InChI is InChI=1S/C20H18BrN3O/c1-2-11-23-18-10-6-4-8-16(18)22-20(23)14-12-19(25)24(13-14)17-9-5-3-7-15(17)21/h2-10,14H,1,11-13H2. The Bertz CT molecular complexity index is 962. The van der Waals surface area contributed by atoms with E-state index in [1.54, 1.807) is 0 Å². The predicted molar refractivity (Wildman–Crippen MR) is 104 cm³/mol. The number of carbonyl (C=O) groups excluding carboxylic acids is 1. The molecule has 1 saturated heterocycles. The second kappa shape index (κ2) is 6.48. The molecule has 0 aliphatic carbocycles. The fraction of sp³-hybridized carbons (Fsp3) is 0.200. The maximum atomic E-state index is 12.6. The average molecular weight is 396 g/mol. The molecule has 0 spiro atoms. The number of amides is 1. The molecule has 126 valence electrons. The molecule has 4 nitrogen and oxygen atoms in total. The molecule has 1 fully saturated rings. The molecule has 1 aliphatic heterocycles. The zero-order chi connectivity index (χ0) is 17.4. The Labute approximate surface area is 154 Å². The Balaban J connectivity index is 1.73. The van der Waals surface area contributed by atoms with E-state index in [2.05, 4.69) is 33.1 Å². The molecule has 2 heterocycles. The van der Waals surface area contributed by atoms with Crippen molar-refractivity contribution in [2.24, 2.45) is 0 Å². The van der Waals surface area contributed by atoms with Crippen LogP contribution in [0.5, 0.6) is 0 Å². The van der Waals surface area contributed by atoms with Gasteiger partial charge in [-0.05, 0) is 40.2 Å². The molecule has 1 atom stereocenters. The Morgan fingerprint density at radius 1 is 1.20 bits per heavy atom. The summed E-state index contributed by atoms with van der Waals surface area (Å²) in [6.45, 7) is 5.20. The van der Waals surface area contributed by atoms with Gasteiger partial charge in [-0.3, -0.25) is 4.79 Å². The fourth-order valence-electron chi connectivity index (χ4n) is 3.51. The van der Waals surface area contributed by atoms with Crippen LogP contribution in [0.2, 0.25) is 0 Å². The van der Waals surface area contributed by atoms with E-state index >= 15 is 0 Å². The summed E-state index contributed by atoms with van der Waals surface area (Å²) in [5.41, 5.74) is 2.97. The van der Waals surface area contributed by atoms with Gasteiger partial charge in [-0.25, -0.2) is 4.98 Å². The number of aromatic nitrogens is 2. The lowest BCUT2D eigenvalue weighted by molar-refractivity contribution is -0.117. The molecule has 2 aromatic carbocycles. The lowest BCUT2D eigenvalue weighted by Gasteiger charge is -2.18. The van der Waals surface area contributed by atoms with Crippen LogP contribution in [0.4, 0.5) is 5.69 Å². The van der Waals surface area contributed by atoms with Crippen molar-refractivity contribution in [1.82, 2.24) is 9.55 Å². The first-order valence-electron chi connectivity index (χ1n) is 8.30. The number of hydrogen-bond acceptors (Lipinski definition) is 2. The number of benzene rings is 2. The average Bonchev–Trinajstić information content (AvgIpc) is 3.17. The highest BCUT2D eigenvalue weighted by Gasteiger charge is 2.35.